The van der Waals surface area contributed by atoms with Crippen LogP contribution in [0, 0.1) is 0 Å². The van der Waals surface area contributed by atoms with Gasteiger partial charge in [0.25, 0.3) is 0 Å². The molecule has 19 heavy (non-hydrogen) atoms. The van der Waals surface area contributed by atoms with Crippen molar-refractivity contribution in [3.05, 3.63) is 29.3 Å². The zero-order chi connectivity index (χ0) is 13.3. The van der Waals surface area contributed by atoms with Gasteiger partial charge in [0.1, 0.15) is 12.4 Å². The van der Waals surface area contributed by atoms with Crippen molar-refractivity contribution in [2.75, 3.05) is 13.7 Å². The second kappa shape index (κ2) is 5.56. The molecule has 1 atom stereocenters. The molecule has 1 aliphatic heterocycles. The number of hydrogen-bond acceptors (Lipinski definition) is 3. The molecule has 8 heteroatoms. The average molecular weight is 298 g/mol. The van der Waals surface area contributed by atoms with Crippen molar-refractivity contribution < 1.29 is 27.4 Å². The van der Waals surface area contributed by atoms with Crippen LogP contribution in [0.4, 0.5) is 18.0 Å². The highest BCUT2D eigenvalue weighted by molar-refractivity contribution is 5.85. The summed E-state index contributed by atoms with van der Waals surface area (Å²) in [6.07, 6.45) is -5.11. The van der Waals surface area contributed by atoms with E-state index in [0.717, 1.165) is 12.1 Å². The normalized spacial score (nSPS) is 18.3. The summed E-state index contributed by atoms with van der Waals surface area (Å²) in [6, 6.07) is 2.73. The molecule has 4 nitrogen and oxygen atoms in total. The van der Waals surface area contributed by atoms with E-state index in [2.05, 4.69) is 10.1 Å². The van der Waals surface area contributed by atoms with Gasteiger partial charge in [0, 0.05) is 0 Å². The Balaban J connectivity index is 0.00000180. The fraction of sp³-hybridized carbons (Fsp3) is 0.364. The Kier molecular flexibility index (Phi) is 4.52. The molecule has 1 aromatic carbocycles. The number of halogens is 4. The van der Waals surface area contributed by atoms with Crippen LogP contribution in [-0.4, -0.2) is 19.8 Å². The first-order valence-corrected chi connectivity index (χ1v) is 5.09. The molecule has 1 aromatic rings. The van der Waals surface area contributed by atoms with Crippen molar-refractivity contribution in [1.82, 2.24) is 5.32 Å². The Labute approximate surface area is 113 Å². The molecule has 1 N–H and O–H groups in total. The Morgan fingerprint density at radius 1 is 1.37 bits per heavy atom. The van der Waals surface area contributed by atoms with Crippen LogP contribution in [0.1, 0.15) is 17.2 Å². The zero-order valence-corrected chi connectivity index (χ0v) is 10.6. The molecule has 106 valence electrons. The molecule has 0 radical (unpaired) electrons. The Morgan fingerprint density at radius 3 is 2.53 bits per heavy atom. The zero-order valence-electron chi connectivity index (χ0n) is 9.78. The number of benzene rings is 1. The third-order valence-electron chi connectivity index (χ3n) is 2.57. The largest absolute Gasteiger partial charge is 0.497 e. The van der Waals surface area contributed by atoms with Crippen molar-refractivity contribution >= 4 is 18.5 Å². The molecule has 1 heterocycles. The summed E-state index contributed by atoms with van der Waals surface area (Å²) in [6.45, 7) is 0.00327. The summed E-state index contributed by atoms with van der Waals surface area (Å²) in [5.74, 6) is 0.0842. The number of nitrogens with one attached hydrogen (secondary N) is 1. The minimum Gasteiger partial charge on any atom is -0.497 e. The number of alkyl halides is 3. The summed E-state index contributed by atoms with van der Waals surface area (Å²) in [4.78, 5) is 10.9. The maximum atomic E-state index is 12.7. The first kappa shape index (κ1) is 15.4. The van der Waals surface area contributed by atoms with Gasteiger partial charge in [-0.1, -0.05) is 0 Å². The van der Waals surface area contributed by atoms with Gasteiger partial charge >= 0.3 is 12.3 Å². The lowest BCUT2D eigenvalue weighted by Crippen LogP contribution is -2.19. The maximum Gasteiger partial charge on any atom is 0.416 e. The number of alkyl carbamates (subject to hydrolysis) is 1. The lowest BCUT2D eigenvalue weighted by atomic mass is 10.0. The van der Waals surface area contributed by atoms with Gasteiger partial charge in [-0.3, -0.25) is 0 Å². The quantitative estimate of drug-likeness (QED) is 0.913. The predicted molar refractivity (Wildman–Crippen MR) is 62.5 cm³/mol. The fourth-order valence-corrected chi connectivity index (χ4v) is 1.67. The van der Waals surface area contributed by atoms with E-state index < -0.39 is 23.9 Å². The topological polar surface area (TPSA) is 47.6 Å². The van der Waals surface area contributed by atoms with Crippen molar-refractivity contribution in [2.45, 2.75) is 12.2 Å². The molecule has 1 fully saturated rings. The van der Waals surface area contributed by atoms with Crippen molar-refractivity contribution in [2.24, 2.45) is 0 Å². The minimum absolute atomic E-state index is 0. The van der Waals surface area contributed by atoms with Gasteiger partial charge < -0.3 is 14.8 Å². The van der Waals surface area contributed by atoms with E-state index in [-0.39, 0.29) is 24.8 Å². The Bertz CT molecular complexity index is 479. The molecule has 1 amide bonds. The van der Waals surface area contributed by atoms with Crippen molar-refractivity contribution in [3.8, 4) is 5.75 Å². The molecule has 0 aliphatic carbocycles. The minimum atomic E-state index is -4.47. The standard InChI is InChI=1S/C11H10F3NO3.ClH/c1-17-8-3-6(9-5-18-10(16)15-9)2-7(4-8)11(12,13)14;/h2-4,9H,5H2,1H3,(H,15,16);1H/t9-;/m1./s1. The number of hydrogen-bond donors (Lipinski definition) is 1. The van der Waals surface area contributed by atoms with E-state index in [1.807, 2.05) is 0 Å². The predicted octanol–water partition coefficient (Wildman–Crippen LogP) is 2.92. The van der Waals surface area contributed by atoms with Crippen LogP contribution >= 0.6 is 12.4 Å². The lowest BCUT2D eigenvalue weighted by molar-refractivity contribution is -0.137. The molecule has 0 bridgehead atoms. The van der Waals surface area contributed by atoms with Gasteiger partial charge in [-0.2, -0.15) is 13.2 Å². The number of rotatable bonds is 2. The van der Waals surface area contributed by atoms with Gasteiger partial charge in [0.05, 0.1) is 18.7 Å². The Morgan fingerprint density at radius 2 is 2.05 bits per heavy atom. The van der Waals surface area contributed by atoms with E-state index in [4.69, 9.17) is 4.74 Å². The fourth-order valence-electron chi connectivity index (χ4n) is 1.67. The summed E-state index contributed by atoms with van der Waals surface area (Å²) in [7, 11) is 1.28. The molecule has 2 rings (SSSR count). The van der Waals surface area contributed by atoms with E-state index in [9.17, 15) is 18.0 Å². The molecular weight excluding hydrogens is 287 g/mol. The molecule has 0 saturated carbocycles. The monoisotopic (exact) mass is 297 g/mol. The lowest BCUT2D eigenvalue weighted by Gasteiger charge is -2.14. The average Bonchev–Trinajstić information content (AvgIpc) is 2.74. The number of methoxy groups -OCH3 is 1. The SMILES string of the molecule is COc1cc([C@H]2COC(=O)N2)cc(C(F)(F)F)c1.Cl. The van der Waals surface area contributed by atoms with E-state index >= 15 is 0 Å². The van der Waals surface area contributed by atoms with Crippen LogP contribution in [0.2, 0.25) is 0 Å². The molecule has 0 aromatic heterocycles. The molecule has 0 spiro atoms. The first-order chi connectivity index (χ1) is 8.40. The number of carbonyl (C=O) groups is 1. The number of amides is 1. The van der Waals surface area contributed by atoms with E-state index in [1.54, 1.807) is 0 Å². The van der Waals surface area contributed by atoms with Crippen LogP contribution in [0.25, 0.3) is 0 Å². The molecule has 1 saturated heterocycles. The first-order valence-electron chi connectivity index (χ1n) is 5.09. The second-order valence-corrected chi connectivity index (χ2v) is 3.79. The third-order valence-corrected chi connectivity index (χ3v) is 2.57. The second-order valence-electron chi connectivity index (χ2n) is 3.79. The van der Waals surface area contributed by atoms with Crippen LogP contribution in [0.5, 0.6) is 5.75 Å². The summed E-state index contributed by atoms with van der Waals surface area (Å²) >= 11 is 0. The summed E-state index contributed by atoms with van der Waals surface area (Å²) < 4.78 is 47.5. The summed E-state index contributed by atoms with van der Waals surface area (Å²) in [5.41, 5.74) is -0.523. The van der Waals surface area contributed by atoms with E-state index in [0.29, 0.717) is 5.56 Å². The van der Waals surface area contributed by atoms with Gasteiger partial charge in [0.15, 0.2) is 0 Å². The molecular formula is C11H11ClF3NO3. The number of ether oxygens (including phenoxy) is 2. The maximum absolute atomic E-state index is 12.7. The smallest absolute Gasteiger partial charge is 0.416 e. The van der Waals surface area contributed by atoms with Crippen LogP contribution in [0.15, 0.2) is 18.2 Å². The van der Waals surface area contributed by atoms with Gasteiger partial charge in [-0.25, -0.2) is 4.79 Å². The number of carbonyl (C=O) groups excluding carboxylic acids is 1. The third kappa shape index (κ3) is 3.44. The van der Waals surface area contributed by atoms with Crippen LogP contribution in [0.3, 0.4) is 0 Å². The summed E-state index contributed by atoms with van der Waals surface area (Å²) in [5, 5.41) is 2.42. The number of cyclic esters (lactones) is 1. The highest BCUT2D eigenvalue weighted by Gasteiger charge is 2.33. The Hall–Kier alpha value is -1.63. The van der Waals surface area contributed by atoms with E-state index in [1.165, 1.54) is 13.2 Å². The van der Waals surface area contributed by atoms with Gasteiger partial charge in [-0.15, -0.1) is 12.4 Å². The highest BCUT2D eigenvalue weighted by Crippen LogP contribution is 2.34. The van der Waals surface area contributed by atoms with Gasteiger partial charge in [-0.05, 0) is 23.8 Å². The van der Waals surface area contributed by atoms with Crippen molar-refractivity contribution in [3.63, 3.8) is 0 Å². The van der Waals surface area contributed by atoms with Crippen LogP contribution < -0.4 is 10.1 Å². The molecule has 0 unspecified atom stereocenters. The van der Waals surface area contributed by atoms with Crippen molar-refractivity contribution in [1.29, 1.82) is 0 Å². The molecule has 1 aliphatic rings. The highest BCUT2D eigenvalue weighted by atomic mass is 35.5. The van der Waals surface area contributed by atoms with Gasteiger partial charge in [0.2, 0.25) is 0 Å². The van der Waals surface area contributed by atoms with Crippen LogP contribution in [-0.2, 0) is 10.9 Å².